The molecule has 0 bridgehead atoms. The molecule has 320 valence electrons. The number of nitrogens with zero attached hydrogens (tertiary/aromatic N) is 2. The number of nitrogens with two attached hydrogens (primary N) is 4. The van der Waals surface area contributed by atoms with Gasteiger partial charge in [0.05, 0.1) is 18.2 Å². The van der Waals surface area contributed by atoms with Gasteiger partial charge in [-0.3, -0.25) is 39.1 Å². The van der Waals surface area contributed by atoms with Gasteiger partial charge < -0.3 is 64.4 Å². The molecule has 1 saturated heterocycles. The van der Waals surface area contributed by atoms with E-state index in [2.05, 4.69) is 31.6 Å². The summed E-state index contributed by atoms with van der Waals surface area (Å²) in [5.74, 6) is -4.44. The molecule has 1 aromatic carbocycles. The van der Waals surface area contributed by atoms with Gasteiger partial charge in [-0.25, -0.2) is 0 Å². The van der Waals surface area contributed by atoms with Crippen molar-refractivity contribution in [1.29, 1.82) is 0 Å². The molecule has 1 aliphatic rings. The van der Waals surface area contributed by atoms with Crippen molar-refractivity contribution in [3.8, 4) is 5.75 Å². The Hall–Kier alpha value is -5.05. The molecule has 2 rings (SSSR count). The molecular formula is C37H63N11O9. The number of carbonyl (C=O) groups is 6. The smallest absolute Gasteiger partial charge is 0.245 e. The van der Waals surface area contributed by atoms with Crippen LogP contribution in [-0.2, 0) is 35.2 Å². The minimum absolute atomic E-state index is 0.0138. The summed E-state index contributed by atoms with van der Waals surface area (Å²) in [6.07, 6.45) is -2.10. The number of benzene rings is 1. The van der Waals surface area contributed by atoms with Crippen molar-refractivity contribution < 1.29 is 44.1 Å². The number of phenols is 1. The predicted octanol–water partition coefficient (Wildman–Crippen LogP) is -3.28. The standard InChI is InChI=1S/C37H63N11O9/c1-18(2)14-27(34(55)43-20(5)31(39)52)48-17-23(16-28(48)51)44-35(56)29(19(3)4)46-36(57)30(21(6)49)47-33(54)26(15-22-9-11-24(50)12-10-22)45-32(53)25(38)8-7-13-42-37(40)41/h9-12,18-21,23,25-27,29-30,35,44,49-50,56H,7-8,13-17,38H2,1-6H3,(H2,39,52)(H,43,55)(H,45,53)(H,46,57)(H,47,54)(H4,40,41,42). The number of rotatable bonds is 23. The largest absolute Gasteiger partial charge is 0.508 e. The molecule has 6 amide bonds. The molecule has 57 heavy (non-hydrogen) atoms. The molecule has 0 saturated carbocycles. The maximum atomic E-state index is 13.7. The summed E-state index contributed by atoms with van der Waals surface area (Å²) in [6.45, 7) is 10.2. The quantitative estimate of drug-likeness (QED) is 0.0224. The van der Waals surface area contributed by atoms with Crippen LogP contribution in [0.4, 0.5) is 0 Å². The topological polar surface area (TPSA) is 343 Å². The van der Waals surface area contributed by atoms with Crippen LogP contribution in [0.3, 0.4) is 0 Å². The first-order valence-electron chi connectivity index (χ1n) is 19.1. The lowest BCUT2D eigenvalue weighted by atomic mass is 10.00. The van der Waals surface area contributed by atoms with Gasteiger partial charge in [-0.05, 0) is 62.6 Å². The number of aliphatic imine (C=N–C) groups is 1. The van der Waals surface area contributed by atoms with Gasteiger partial charge >= 0.3 is 0 Å². The number of aliphatic hydroxyl groups excluding tert-OH is 2. The molecule has 20 nitrogen and oxygen atoms in total. The third-order valence-electron chi connectivity index (χ3n) is 9.47. The molecule has 0 aromatic heterocycles. The van der Waals surface area contributed by atoms with E-state index in [1.807, 2.05) is 13.8 Å². The molecule has 1 fully saturated rings. The van der Waals surface area contributed by atoms with Crippen LogP contribution in [0, 0.1) is 11.8 Å². The Kier molecular flexibility index (Phi) is 19.1. The van der Waals surface area contributed by atoms with Crippen molar-refractivity contribution in [2.75, 3.05) is 13.1 Å². The molecule has 9 atom stereocenters. The van der Waals surface area contributed by atoms with Gasteiger partial charge in [-0.1, -0.05) is 39.8 Å². The zero-order valence-electron chi connectivity index (χ0n) is 33.6. The first kappa shape index (κ1) is 48.1. The fourth-order valence-corrected chi connectivity index (χ4v) is 6.22. The van der Waals surface area contributed by atoms with E-state index in [9.17, 15) is 44.1 Å². The van der Waals surface area contributed by atoms with E-state index >= 15 is 0 Å². The summed E-state index contributed by atoms with van der Waals surface area (Å²) < 4.78 is 0. The third kappa shape index (κ3) is 15.8. The van der Waals surface area contributed by atoms with Crippen LogP contribution < -0.4 is 49.5 Å². The molecule has 1 aromatic rings. The van der Waals surface area contributed by atoms with Crippen molar-refractivity contribution in [2.45, 2.75) is 128 Å². The zero-order valence-corrected chi connectivity index (χ0v) is 33.6. The highest BCUT2D eigenvalue weighted by atomic mass is 16.3. The molecule has 1 aliphatic heterocycles. The van der Waals surface area contributed by atoms with Crippen molar-refractivity contribution in [1.82, 2.24) is 31.5 Å². The Balaban J connectivity index is 2.20. The summed E-state index contributed by atoms with van der Waals surface area (Å²) >= 11 is 0. The Morgan fingerprint density at radius 2 is 1.51 bits per heavy atom. The second kappa shape index (κ2) is 22.6. The molecule has 0 aliphatic carbocycles. The van der Waals surface area contributed by atoms with Crippen LogP contribution in [0.2, 0.25) is 0 Å². The fourth-order valence-electron chi connectivity index (χ4n) is 6.22. The predicted molar refractivity (Wildman–Crippen MR) is 211 cm³/mol. The lowest BCUT2D eigenvalue weighted by Crippen LogP contribution is -2.62. The van der Waals surface area contributed by atoms with Crippen LogP contribution in [0.1, 0.15) is 72.8 Å². The van der Waals surface area contributed by atoms with Crippen molar-refractivity contribution in [3.63, 3.8) is 0 Å². The van der Waals surface area contributed by atoms with Gasteiger partial charge in [-0.2, -0.15) is 0 Å². The summed E-state index contributed by atoms with van der Waals surface area (Å²) in [5, 5.41) is 45.1. The lowest BCUT2D eigenvalue weighted by Gasteiger charge is -2.33. The number of phenolic OH excluding ortho intramolecular Hbond substituents is 1. The van der Waals surface area contributed by atoms with Crippen LogP contribution in [0.5, 0.6) is 5.75 Å². The van der Waals surface area contributed by atoms with E-state index in [1.54, 1.807) is 26.0 Å². The SMILES string of the molecule is CC(C)CC(C(=O)NC(C)C(N)=O)N1CC(NC(O)C(NC(=O)C(NC(=O)C(Cc2ccc(O)cc2)NC(=O)C(N)CCCN=C(N)N)C(C)O)C(C)C)CC1=O. The molecule has 0 spiro atoms. The minimum Gasteiger partial charge on any atom is -0.508 e. The summed E-state index contributed by atoms with van der Waals surface area (Å²) in [7, 11) is 0. The van der Waals surface area contributed by atoms with Crippen LogP contribution >= 0.6 is 0 Å². The lowest BCUT2D eigenvalue weighted by molar-refractivity contribution is -0.139. The van der Waals surface area contributed by atoms with E-state index < -0.39 is 90.1 Å². The number of nitrogens with one attached hydrogen (secondary N) is 5. The van der Waals surface area contributed by atoms with Crippen molar-refractivity contribution >= 4 is 41.4 Å². The molecule has 16 N–H and O–H groups in total. The molecular weight excluding hydrogens is 742 g/mol. The van der Waals surface area contributed by atoms with Crippen LogP contribution in [-0.4, -0.2) is 129 Å². The second-order valence-corrected chi connectivity index (χ2v) is 15.3. The Morgan fingerprint density at radius 1 is 0.877 bits per heavy atom. The number of carbonyl (C=O) groups excluding carboxylic acids is 6. The first-order valence-corrected chi connectivity index (χ1v) is 19.1. The van der Waals surface area contributed by atoms with Crippen LogP contribution in [0.15, 0.2) is 29.3 Å². The van der Waals surface area contributed by atoms with E-state index in [0.717, 1.165) is 0 Å². The van der Waals surface area contributed by atoms with Crippen molar-refractivity contribution in [3.05, 3.63) is 29.8 Å². The highest BCUT2D eigenvalue weighted by Crippen LogP contribution is 2.21. The van der Waals surface area contributed by atoms with Gasteiger partial charge in [0, 0.05) is 32.0 Å². The number of hydrogen-bond donors (Lipinski definition) is 12. The highest BCUT2D eigenvalue weighted by Gasteiger charge is 2.41. The van der Waals surface area contributed by atoms with Gasteiger partial charge in [0.15, 0.2) is 5.96 Å². The summed E-state index contributed by atoms with van der Waals surface area (Å²) in [4.78, 5) is 83.6. The summed E-state index contributed by atoms with van der Waals surface area (Å²) in [5.41, 5.74) is 22.6. The summed E-state index contributed by atoms with van der Waals surface area (Å²) in [6, 6.07) is -1.38. The number of aliphatic hydroxyl groups is 2. The third-order valence-corrected chi connectivity index (χ3v) is 9.47. The average Bonchev–Trinajstić information content (AvgIpc) is 3.48. The Bertz CT molecular complexity index is 1550. The normalized spacial score (nSPS) is 18.4. The number of likely N-dealkylation sites (tertiary alicyclic amines) is 1. The van der Waals surface area contributed by atoms with E-state index in [4.69, 9.17) is 22.9 Å². The number of aromatic hydroxyl groups is 1. The number of amides is 6. The molecule has 20 heteroatoms. The maximum Gasteiger partial charge on any atom is 0.245 e. The van der Waals surface area contributed by atoms with E-state index in [1.165, 1.54) is 30.9 Å². The monoisotopic (exact) mass is 805 g/mol. The van der Waals surface area contributed by atoms with Gasteiger partial charge in [0.25, 0.3) is 0 Å². The molecule has 0 radical (unpaired) electrons. The Labute approximate surface area is 333 Å². The zero-order chi connectivity index (χ0) is 43.1. The van der Waals surface area contributed by atoms with Gasteiger partial charge in [0.1, 0.15) is 36.1 Å². The van der Waals surface area contributed by atoms with Crippen molar-refractivity contribution in [2.24, 2.45) is 39.8 Å². The fraction of sp³-hybridized carbons (Fsp3) is 0.649. The number of hydrogen-bond acceptors (Lipinski definition) is 12. The van der Waals surface area contributed by atoms with Gasteiger partial charge in [-0.15, -0.1) is 0 Å². The van der Waals surface area contributed by atoms with Gasteiger partial charge in [0.2, 0.25) is 35.4 Å². The number of guanidine groups is 1. The van der Waals surface area contributed by atoms with E-state index in [0.29, 0.717) is 18.4 Å². The highest BCUT2D eigenvalue weighted by molar-refractivity contribution is 5.94. The maximum absolute atomic E-state index is 13.7. The Morgan fingerprint density at radius 3 is 2.05 bits per heavy atom. The van der Waals surface area contributed by atoms with Crippen LogP contribution in [0.25, 0.3) is 0 Å². The minimum atomic E-state index is -1.54. The average molecular weight is 806 g/mol. The molecule has 1 heterocycles. The molecule has 9 unspecified atom stereocenters. The first-order chi connectivity index (χ1) is 26.6. The second-order valence-electron chi connectivity index (χ2n) is 15.3. The number of primary amides is 1. The van der Waals surface area contributed by atoms with E-state index in [-0.39, 0.29) is 55.9 Å².